The van der Waals surface area contributed by atoms with Gasteiger partial charge in [0.15, 0.2) is 0 Å². The van der Waals surface area contributed by atoms with Gasteiger partial charge in [0.2, 0.25) is 0 Å². The molecule has 4 nitrogen and oxygen atoms in total. The number of terminal acetylenes is 1. The highest BCUT2D eigenvalue weighted by atomic mass is 32.2. The fourth-order valence-electron chi connectivity index (χ4n) is 0.634. The lowest BCUT2D eigenvalue weighted by atomic mass is 10.5. The third-order valence-corrected chi connectivity index (χ3v) is 3.67. The number of nitrogens with zero attached hydrogens (tertiary/aromatic N) is 2. The average Bonchev–Trinajstić information content (AvgIpc) is 2.31. The van der Waals surface area contributed by atoms with Crippen LogP contribution in [0.25, 0.3) is 0 Å². The number of hydrogen-bond donors (Lipinski definition) is 0. The van der Waals surface area contributed by atoms with Gasteiger partial charge in [-0.2, -0.15) is 0 Å². The van der Waals surface area contributed by atoms with E-state index in [2.05, 4.69) is 5.92 Å². The van der Waals surface area contributed by atoms with Crippen molar-refractivity contribution in [1.29, 1.82) is 0 Å². The molecule has 0 heterocycles. The summed E-state index contributed by atoms with van der Waals surface area (Å²) in [6.45, 7) is 0. The molecule has 0 fully saturated rings. The summed E-state index contributed by atoms with van der Waals surface area (Å²) < 4.78 is 0. The summed E-state index contributed by atoms with van der Waals surface area (Å²) in [6, 6.07) is 0. The number of carbonyl (C=O) groups excluding carboxylic acids is 2. The van der Waals surface area contributed by atoms with Crippen LogP contribution in [0.2, 0.25) is 0 Å². The van der Waals surface area contributed by atoms with E-state index in [1.165, 1.54) is 15.9 Å². The van der Waals surface area contributed by atoms with E-state index in [4.69, 9.17) is 6.42 Å². The zero-order valence-electron chi connectivity index (χ0n) is 10.8. The summed E-state index contributed by atoms with van der Waals surface area (Å²) in [4.78, 5) is 26.5. The Morgan fingerprint density at radius 2 is 1.67 bits per heavy atom. The number of hydrogen-bond acceptors (Lipinski definition) is 4. The van der Waals surface area contributed by atoms with Crippen molar-refractivity contribution >= 4 is 34.0 Å². The van der Waals surface area contributed by atoms with E-state index in [0.29, 0.717) is 4.91 Å². The first kappa shape index (κ1) is 16.7. The molecule has 0 aliphatic rings. The molecule has 0 spiro atoms. The SMILES string of the molecule is C#C/C=C/C(=C\SC(=O)N(C)C)SC(=O)N(C)C. The molecule has 0 unspecified atom stereocenters. The van der Waals surface area contributed by atoms with Gasteiger partial charge in [-0.1, -0.05) is 5.92 Å². The molecule has 0 N–H and O–H groups in total. The van der Waals surface area contributed by atoms with Crippen LogP contribution in [0.5, 0.6) is 0 Å². The number of thioether (sulfide) groups is 2. The van der Waals surface area contributed by atoms with E-state index < -0.39 is 0 Å². The molecule has 0 saturated heterocycles. The molecule has 18 heavy (non-hydrogen) atoms. The first-order valence-corrected chi connectivity index (χ1v) is 6.68. The maximum absolute atomic E-state index is 11.6. The molecule has 2 amide bonds. The Morgan fingerprint density at radius 1 is 1.11 bits per heavy atom. The van der Waals surface area contributed by atoms with Crippen molar-refractivity contribution < 1.29 is 9.59 Å². The van der Waals surface area contributed by atoms with E-state index in [1.807, 2.05) is 0 Å². The molecule has 0 radical (unpaired) electrons. The summed E-state index contributed by atoms with van der Waals surface area (Å²) in [5.74, 6) is 2.35. The van der Waals surface area contributed by atoms with E-state index in [0.717, 1.165) is 23.5 Å². The first-order chi connectivity index (χ1) is 8.38. The van der Waals surface area contributed by atoms with Crippen molar-refractivity contribution in [2.75, 3.05) is 28.2 Å². The summed E-state index contributed by atoms with van der Waals surface area (Å²) in [6.07, 6.45) is 8.24. The number of carbonyl (C=O) groups is 2. The van der Waals surface area contributed by atoms with E-state index in [9.17, 15) is 9.59 Å². The second-order valence-electron chi connectivity index (χ2n) is 3.56. The van der Waals surface area contributed by atoms with Crippen molar-refractivity contribution in [2.45, 2.75) is 0 Å². The minimum Gasteiger partial charge on any atom is -0.339 e. The summed E-state index contributed by atoms with van der Waals surface area (Å²) >= 11 is 2.03. The highest BCUT2D eigenvalue weighted by molar-refractivity contribution is 8.19. The predicted molar refractivity (Wildman–Crippen MR) is 79.4 cm³/mol. The molecule has 0 aromatic carbocycles. The molecule has 0 aliphatic heterocycles. The van der Waals surface area contributed by atoms with Crippen LogP contribution in [-0.4, -0.2) is 48.5 Å². The Balaban J connectivity index is 4.74. The lowest BCUT2D eigenvalue weighted by Gasteiger charge is -2.10. The van der Waals surface area contributed by atoms with Crippen LogP contribution < -0.4 is 0 Å². The molecule has 0 aliphatic carbocycles. The Hall–Kier alpha value is -1.32. The van der Waals surface area contributed by atoms with E-state index in [1.54, 1.807) is 39.7 Å². The van der Waals surface area contributed by atoms with Crippen LogP contribution >= 0.6 is 23.5 Å². The van der Waals surface area contributed by atoms with E-state index in [-0.39, 0.29) is 10.5 Å². The fourth-order valence-corrected chi connectivity index (χ4v) is 2.00. The smallest absolute Gasteiger partial charge is 0.285 e. The highest BCUT2D eigenvalue weighted by Gasteiger charge is 2.09. The van der Waals surface area contributed by atoms with Gasteiger partial charge in [-0.25, -0.2) is 0 Å². The van der Waals surface area contributed by atoms with Crippen LogP contribution in [0.15, 0.2) is 22.5 Å². The van der Waals surface area contributed by atoms with Gasteiger partial charge in [0.1, 0.15) is 0 Å². The van der Waals surface area contributed by atoms with Crippen LogP contribution in [0.3, 0.4) is 0 Å². The second kappa shape index (κ2) is 8.72. The predicted octanol–water partition coefficient (Wildman–Crippen LogP) is 2.85. The van der Waals surface area contributed by atoms with Crippen molar-refractivity contribution in [2.24, 2.45) is 0 Å². The monoisotopic (exact) mass is 284 g/mol. The molecule has 0 saturated carbocycles. The second-order valence-corrected chi connectivity index (χ2v) is 5.41. The maximum atomic E-state index is 11.6. The van der Waals surface area contributed by atoms with Crippen LogP contribution in [0, 0.1) is 12.3 Å². The van der Waals surface area contributed by atoms with Gasteiger partial charge in [0.05, 0.1) is 0 Å². The quantitative estimate of drug-likeness (QED) is 0.590. The number of rotatable bonds is 3. The summed E-state index contributed by atoms with van der Waals surface area (Å²) in [7, 11) is 6.66. The number of allylic oxidation sites excluding steroid dienone is 2. The standard InChI is InChI=1S/C12H16N2O2S2/c1-6-7-8-10(18-12(16)14(4)5)9-17-11(15)13(2)3/h1,7-9H,2-5H3/b8-7+,10-9+. The lowest BCUT2D eigenvalue weighted by Crippen LogP contribution is -2.16. The molecule has 0 rings (SSSR count). The first-order valence-electron chi connectivity index (χ1n) is 4.98. The highest BCUT2D eigenvalue weighted by Crippen LogP contribution is 2.24. The van der Waals surface area contributed by atoms with E-state index >= 15 is 0 Å². The summed E-state index contributed by atoms with van der Waals surface area (Å²) in [5.41, 5.74) is 0. The third-order valence-electron chi connectivity index (χ3n) is 1.56. The van der Waals surface area contributed by atoms with Crippen molar-refractivity contribution in [1.82, 2.24) is 9.80 Å². The topological polar surface area (TPSA) is 40.6 Å². The molecule has 0 aromatic rings. The van der Waals surface area contributed by atoms with Crippen molar-refractivity contribution in [3.63, 3.8) is 0 Å². The molecule has 6 heteroatoms. The van der Waals surface area contributed by atoms with Gasteiger partial charge >= 0.3 is 0 Å². The number of amides is 2. The van der Waals surface area contributed by atoms with Gasteiger partial charge in [0.25, 0.3) is 10.5 Å². The minimum absolute atomic E-state index is 0.112. The molecular formula is C12H16N2O2S2. The van der Waals surface area contributed by atoms with Crippen LogP contribution in [0.1, 0.15) is 0 Å². The van der Waals surface area contributed by atoms with Gasteiger partial charge in [0, 0.05) is 33.1 Å². The zero-order chi connectivity index (χ0) is 14.1. The molecule has 0 aromatic heterocycles. The zero-order valence-corrected chi connectivity index (χ0v) is 12.5. The van der Waals surface area contributed by atoms with Gasteiger partial charge in [-0.15, -0.1) is 6.42 Å². The van der Waals surface area contributed by atoms with Crippen molar-refractivity contribution in [3.8, 4) is 12.3 Å². The Bertz CT molecular complexity index is 407. The molecule has 0 atom stereocenters. The largest absolute Gasteiger partial charge is 0.339 e. The van der Waals surface area contributed by atoms with Gasteiger partial charge in [-0.05, 0) is 41.1 Å². The molecular weight excluding hydrogens is 268 g/mol. The fraction of sp³-hybridized carbons (Fsp3) is 0.333. The normalized spacial score (nSPS) is 11.2. The Labute approximate surface area is 116 Å². The summed E-state index contributed by atoms with van der Waals surface area (Å²) in [5, 5.41) is 1.38. The van der Waals surface area contributed by atoms with Crippen molar-refractivity contribution in [3.05, 3.63) is 22.5 Å². The maximum Gasteiger partial charge on any atom is 0.285 e. The van der Waals surface area contributed by atoms with Crippen LogP contribution in [-0.2, 0) is 0 Å². The van der Waals surface area contributed by atoms with Gasteiger partial charge < -0.3 is 9.80 Å². The molecule has 0 bridgehead atoms. The minimum atomic E-state index is -0.124. The Kier molecular flexibility index (Phi) is 8.08. The lowest BCUT2D eigenvalue weighted by molar-refractivity contribution is 0.240. The third kappa shape index (κ3) is 7.09. The average molecular weight is 284 g/mol. The van der Waals surface area contributed by atoms with Gasteiger partial charge in [-0.3, -0.25) is 9.59 Å². The molecule has 98 valence electrons. The Morgan fingerprint density at radius 3 is 2.11 bits per heavy atom. The van der Waals surface area contributed by atoms with Crippen LogP contribution in [0.4, 0.5) is 9.59 Å².